The second-order valence-electron chi connectivity index (χ2n) is 7.73. The van der Waals surface area contributed by atoms with Crippen molar-refractivity contribution in [3.63, 3.8) is 0 Å². The van der Waals surface area contributed by atoms with Crippen molar-refractivity contribution in [3.05, 3.63) is 65.0 Å². The van der Waals surface area contributed by atoms with E-state index in [4.69, 9.17) is 4.74 Å². The highest BCUT2D eigenvalue weighted by Crippen LogP contribution is 2.27. The lowest BCUT2D eigenvalue weighted by atomic mass is 10.2. The van der Waals surface area contributed by atoms with E-state index in [1.54, 1.807) is 5.38 Å². The maximum Gasteiger partial charge on any atom is 0.257 e. The van der Waals surface area contributed by atoms with E-state index in [0.29, 0.717) is 11.3 Å². The smallest absolute Gasteiger partial charge is 0.257 e. The summed E-state index contributed by atoms with van der Waals surface area (Å²) in [6, 6.07) is 9.19. The van der Waals surface area contributed by atoms with E-state index in [-0.39, 0.29) is 40.9 Å². The predicted molar refractivity (Wildman–Crippen MR) is 121 cm³/mol. The van der Waals surface area contributed by atoms with Crippen molar-refractivity contribution < 1.29 is 26.7 Å². The number of morpholine rings is 1. The van der Waals surface area contributed by atoms with Gasteiger partial charge >= 0.3 is 0 Å². The summed E-state index contributed by atoms with van der Waals surface area (Å²) < 4.78 is 59.8. The number of aromatic nitrogens is 1. The molecule has 0 aliphatic carbocycles. The number of nitrogens with one attached hydrogen (secondary N) is 1. The molecule has 1 fully saturated rings. The van der Waals surface area contributed by atoms with E-state index in [1.165, 1.54) is 34.6 Å². The molecule has 3 aromatic rings. The Bertz CT molecular complexity index is 1290. The fourth-order valence-electron chi connectivity index (χ4n) is 3.56. The lowest BCUT2D eigenvalue weighted by Gasteiger charge is -2.34. The molecule has 0 saturated carbocycles. The lowest BCUT2D eigenvalue weighted by Crippen LogP contribution is -2.48. The van der Waals surface area contributed by atoms with Gasteiger partial charge in [0.1, 0.15) is 0 Å². The first-order valence-electron chi connectivity index (χ1n) is 10.1. The highest BCUT2D eigenvalue weighted by Gasteiger charge is 2.32. The number of halogens is 2. The van der Waals surface area contributed by atoms with Gasteiger partial charge in [-0.3, -0.25) is 10.1 Å². The molecule has 0 radical (unpaired) electrons. The Morgan fingerprint density at radius 1 is 1.12 bits per heavy atom. The van der Waals surface area contributed by atoms with Crippen molar-refractivity contribution in [2.24, 2.45) is 0 Å². The third kappa shape index (κ3) is 5.11. The van der Waals surface area contributed by atoms with Gasteiger partial charge in [-0.1, -0.05) is 6.07 Å². The zero-order valence-electron chi connectivity index (χ0n) is 17.8. The number of rotatable bonds is 5. The minimum absolute atomic E-state index is 0.0121. The Morgan fingerprint density at radius 3 is 2.55 bits per heavy atom. The van der Waals surface area contributed by atoms with Crippen molar-refractivity contribution in [1.82, 2.24) is 9.29 Å². The van der Waals surface area contributed by atoms with Crippen LogP contribution in [0.5, 0.6) is 0 Å². The van der Waals surface area contributed by atoms with Gasteiger partial charge in [0.25, 0.3) is 5.91 Å². The molecule has 1 N–H and O–H groups in total. The largest absolute Gasteiger partial charge is 0.373 e. The van der Waals surface area contributed by atoms with Gasteiger partial charge < -0.3 is 4.74 Å². The molecular weight excluding hydrogens is 472 g/mol. The van der Waals surface area contributed by atoms with Crippen LogP contribution in [0.2, 0.25) is 0 Å². The fraction of sp³-hybridized carbons (Fsp3) is 0.273. The Kier molecular flexibility index (Phi) is 6.57. The molecule has 1 aromatic heterocycles. The summed E-state index contributed by atoms with van der Waals surface area (Å²) in [5, 5.41) is 4.46. The number of sulfonamides is 1. The number of thiazole rings is 1. The summed E-state index contributed by atoms with van der Waals surface area (Å²) >= 11 is 1.11. The van der Waals surface area contributed by atoms with Crippen LogP contribution in [0.1, 0.15) is 24.2 Å². The highest BCUT2D eigenvalue weighted by molar-refractivity contribution is 7.89. The van der Waals surface area contributed by atoms with Crippen molar-refractivity contribution in [2.45, 2.75) is 31.0 Å². The number of amides is 1. The minimum atomic E-state index is -3.80. The summed E-state index contributed by atoms with van der Waals surface area (Å²) in [7, 11) is -3.80. The zero-order valence-corrected chi connectivity index (χ0v) is 19.4. The van der Waals surface area contributed by atoms with Gasteiger partial charge in [0.2, 0.25) is 10.0 Å². The van der Waals surface area contributed by atoms with Crippen molar-refractivity contribution in [1.29, 1.82) is 0 Å². The Hall–Kier alpha value is -2.73. The SMILES string of the molecule is C[C@H]1CN(S(=O)(=O)c2cccc(C(=O)Nc3nc(-c4ccc(F)c(F)c4)cs3)c2)C[C@H](C)O1. The average Bonchev–Trinajstić information content (AvgIpc) is 3.23. The van der Waals surface area contributed by atoms with Crippen LogP contribution >= 0.6 is 11.3 Å². The molecule has 0 bridgehead atoms. The van der Waals surface area contributed by atoms with Crippen molar-refractivity contribution in [2.75, 3.05) is 18.4 Å². The summed E-state index contributed by atoms with van der Waals surface area (Å²) in [5.74, 6) is -2.49. The quantitative estimate of drug-likeness (QED) is 0.577. The van der Waals surface area contributed by atoms with Crippen LogP contribution < -0.4 is 5.32 Å². The maximum atomic E-state index is 13.5. The molecule has 1 saturated heterocycles. The molecule has 4 rings (SSSR count). The highest BCUT2D eigenvalue weighted by atomic mass is 32.2. The van der Waals surface area contributed by atoms with Crippen molar-refractivity contribution >= 4 is 32.4 Å². The second kappa shape index (κ2) is 9.26. The summed E-state index contributed by atoms with van der Waals surface area (Å²) in [6.07, 6.45) is -0.465. The summed E-state index contributed by atoms with van der Waals surface area (Å²) in [4.78, 5) is 17.0. The molecule has 2 heterocycles. The third-order valence-electron chi connectivity index (χ3n) is 5.06. The Morgan fingerprint density at radius 2 is 1.85 bits per heavy atom. The van der Waals surface area contributed by atoms with Crippen LogP contribution in [-0.2, 0) is 14.8 Å². The molecule has 174 valence electrons. The van der Waals surface area contributed by atoms with Crippen LogP contribution in [0.3, 0.4) is 0 Å². The van der Waals surface area contributed by atoms with Gasteiger partial charge in [0.15, 0.2) is 16.8 Å². The van der Waals surface area contributed by atoms with E-state index in [9.17, 15) is 22.0 Å². The molecule has 1 amide bonds. The number of nitrogens with zero attached hydrogens (tertiary/aromatic N) is 2. The van der Waals surface area contributed by atoms with E-state index in [0.717, 1.165) is 23.5 Å². The van der Waals surface area contributed by atoms with Gasteiger partial charge in [-0.15, -0.1) is 11.3 Å². The molecule has 0 spiro atoms. The standard InChI is InChI=1S/C22H21F2N3O4S2/c1-13-10-27(11-14(2)31-13)33(29,30)17-5-3-4-16(8-17)21(28)26-22-25-20(12-32-22)15-6-7-18(23)19(24)9-15/h3-9,12-14H,10-11H2,1-2H3,(H,25,26,28)/t13-,14-/m0/s1. The number of hydrogen-bond acceptors (Lipinski definition) is 6. The lowest BCUT2D eigenvalue weighted by molar-refractivity contribution is -0.0440. The van der Waals surface area contributed by atoms with E-state index >= 15 is 0 Å². The number of benzene rings is 2. The Balaban J connectivity index is 1.51. The van der Waals surface area contributed by atoms with Crippen LogP contribution in [0, 0.1) is 11.6 Å². The van der Waals surface area contributed by atoms with Crippen molar-refractivity contribution in [3.8, 4) is 11.3 Å². The molecule has 33 heavy (non-hydrogen) atoms. The zero-order chi connectivity index (χ0) is 23.8. The van der Waals surface area contributed by atoms with E-state index in [2.05, 4.69) is 10.3 Å². The Labute approximate surface area is 194 Å². The number of hydrogen-bond donors (Lipinski definition) is 1. The third-order valence-corrected chi connectivity index (χ3v) is 7.65. The minimum Gasteiger partial charge on any atom is -0.373 e. The first-order chi connectivity index (χ1) is 15.6. The number of anilines is 1. The van der Waals surface area contributed by atoms with Gasteiger partial charge in [0.05, 0.1) is 22.8 Å². The van der Waals surface area contributed by atoms with Crippen LogP contribution in [-0.4, -0.2) is 48.9 Å². The number of ether oxygens (including phenoxy) is 1. The molecule has 2 atom stereocenters. The number of carbonyl (C=O) groups excluding carboxylic acids is 1. The maximum absolute atomic E-state index is 13.5. The van der Waals surface area contributed by atoms with E-state index < -0.39 is 27.6 Å². The van der Waals surface area contributed by atoms with E-state index in [1.807, 2.05) is 13.8 Å². The summed E-state index contributed by atoms with van der Waals surface area (Å²) in [6.45, 7) is 4.08. The fourth-order valence-corrected chi connectivity index (χ4v) is 5.91. The first kappa shape index (κ1) is 23.4. The van der Waals surface area contributed by atoms with Gasteiger partial charge in [-0.25, -0.2) is 22.2 Å². The molecule has 7 nitrogen and oxygen atoms in total. The monoisotopic (exact) mass is 493 g/mol. The summed E-state index contributed by atoms with van der Waals surface area (Å²) in [5.41, 5.74) is 0.892. The van der Waals surface area contributed by atoms with Gasteiger partial charge in [-0.2, -0.15) is 4.31 Å². The van der Waals surface area contributed by atoms with Gasteiger partial charge in [0, 0.05) is 29.6 Å². The van der Waals surface area contributed by atoms with Crippen LogP contribution in [0.25, 0.3) is 11.3 Å². The molecule has 2 aromatic carbocycles. The number of carbonyl (C=O) groups is 1. The normalized spacial score (nSPS) is 19.4. The average molecular weight is 494 g/mol. The second-order valence-corrected chi connectivity index (χ2v) is 10.5. The van der Waals surface area contributed by atoms with Gasteiger partial charge in [-0.05, 0) is 50.2 Å². The first-order valence-corrected chi connectivity index (χ1v) is 12.4. The molecule has 1 aliphatic rings. The molecule has 11 heteroatoms. The molecule has 1 aliphatic heterocycles. The van der Waals surface area contributed by atoms with Crippen LogP contribution in [0.4, 0.5) is 13.9 Å². The molecule has 0 unspecified atom stereocenters. The predicted octanol–water partition coefficient (Wildman–Crippen LogP) is 4.14. The topological polar surface area (TPSA) is 88.6 Å². The molecular formula is C22H21F2N3O4S2. The van der Waals surface area contributed by atoms with Crippen LogP contribution in [0.15, 0.2) is 52.7 Å².